The first-order chi connectivity index (χ1) is 7.94. The maximum Gasteiger partial charge on any atom is 0.404 e. The molecule has 100 valence electrons. The first kappa shape index (κ1) is 14.6. The Hall–Kier alpha value is -0.430. The molecule has 0 aliphatic carbocycles. The quantitative estimate of drug-likeness (QED) is 0.742. The molecule has 1 aliphatic heterocycles. The second kappa shape index (κ2) is 5.95. The maximum atomic E-state index is 12.9. The molecule has 0 aromatic rings. The highest BCUT2D eigenvalue weighted by Crippen LogP contribution is 2.43. The van der Waals surface area contributed by atoms with Crippen molar-refractivity contribution in [3.05, 3.63) is 0 Å². The number of hydrogen-bond acceptors (Lipinski definition) is 3. The lowest BCUT2D eigenvalue weighted by atomic mass is 9.85. The topological polar surface area (TPSA) is 41.1 Å². The van der Waals surface area contributed by atoms with Crippen molar-refractivity contribution in [3.8, 4) is 0 Å². The van der Waals surface area contributed by atoms with Crippen LogP contribution < -0.4 is 10.6 Å². The second-order valence-electron chi connectivity index (χ2n) is 4.11. The van der Waals surface area contributed by atoms with Gasteiger partial charge in [0.2, 0.25) is 5.91 Å². The molecule has 1 rings (SSSR count). The fraction of sp³-hybridized carbons (Fsp3) is 0.900. The zero-order valence-electron chi connectivity index (χ0n) is 9.69. The Bertz CT molecular complexity index is 265. The Balaban J connectivity index is 2.56. The van der Waals surface area contributed by atoms with E-state index >= 15 is 0 Å². The van der Waals surface area contributed by atoms with Gasteiger partial charge in [0.1, 0.15) is 0 Å². The van der Waals surface area contributed by atoms with Crippen LogP contribution in [0, 0.1) is 5.41 Å². The van der Waals surface area contributed by atoms with Gasteiger partial charge < -0.3 is 10.6 Å². The number of hydrogen-bond donors (Lipinski definition) is 2. The number of carbonyl (C=O) groups excluding carboxylic acids is 1. The SMILES string of the molecule is CSCCCNC(=O)C1(C(F)(F)F)CCNC1. The number of alkyl halides is 3. The zero-order valence-corrected chi connectivity index (χ0v) is 10.5. The first-order valence-electron chi connectivity index (χ1n) is 5.49. The van der Waals surface area contributed by atoms with Gasteiger partial charge in [-0.3, -0.25) is 4.79 Å². The van der Waals surface area contributed by atoms with Gasteiger partial charge in [0.25, 0.3) is 0 Å². The van der Waals surface area contributed by atoms with Crippen molar-refractivity contribution in [2.45, 2.75) is 19.0 Å². The van der Waals surface area contributed by atoms with Crippen LogP contribution in [0.2, 0.25) is 0 Å². The third kappa shape index (κ3) is 3.28. The number of thioether (sulfide) groups is 1. The normalized spacial score (nSPS) is 24.9. The van der Waals surface area contributed by atoms with Crippen LogP contribution in [0.3, 0.4) is 0 Å². The van der Waals surface area contributed by atoms with E-state index in [1.165, 1.54) is 0 Å². The maximum absolute atomic E-state index is 12.9. The average molecular weight is 270 g/mol. The summed E-state index contributed by atoms with van der Waals surface area (Å²) in [5.41, 5.74) is -2.23. The van der Waals surface area contributed by atoms with E-state index in [2.05, 4.69) is 10.6 Å². The predicted octanol–water partition coefficient (Wildman–Crippen LogP) is 1.40. The molecule has 0 radical (unpaired) electrons. The fourth-order valence-corrected chi connectivity index (χ4v) is 2.28. The van der Waals surface area contributed by atoms with Gasteiger partial charge in [-0.2, -0.15) is 24.9 Å². The number of amides is 1. The van der Waals surface area contributed by atoms with Gasteiger partial charge in [0.05, 0.1) is 0 Å². The van der Waals surface area contributed by atoms with Crippen LogP contribution in [0.1, 0.15) is 12.8 Å². The Labute approximate surface area is 103 Å². The predicted molar refractivity (Wildman–Crippen MR) is 62.0 cm³/mol. The monoisotopic (exact) mass is 270 g/mol. The molecule has 2 N–H and O–H groups in total. The van der Waals surface area contributed by atoms with Gasteiger partial charge in [0.15, 0.2) is 5.41 Å². The average Bonchev–Trinajstić information content (AvgIpc) is 2.73. The van der Waals surface area contributed by atoms with Crippen molar-refractivity contribution < 1.29 is 18.0 Å². The van der Waals surface area contributed by atoms with Crippen molar-refractivity contribution in [1.82, 2.24) is 10.6 Å². The summed E-state index contributed by atoms with van der Waals surface area (Å²) < 4.78 is 38.8. The van der Waals surface area contributed by atoms with Crippen molar-refractivity contribution in [2.24, 2.45) is 5.41 Å². The van der Waals surface area contributed by atoms with Crippen molar-refractivity contribution >= 4 is 17.7 Å². The van der Waals surface area contributed by atoms with Crippen molar-refractivity contribution in [1.29, 1.82) is 0 Å². The van der Waals surface area contributed by atoms with Gasteiger partial charge >= 0.3 is 6.18 Å². The summed E-state index contributed by atoms with van der Waals surface area (Å²) in [5.74, 6) is -0.0616. The van der Waals surface area contributed by atoms with Crippen molar-refractivity contribution in [2.75, 3.05) is 31.6 Å². The molecule has 1 heterocycles. The summed E-state index contributed by atoms with van der Waals surface area (Å²) in [6.45, 7) is 0.222. The highest BCUT2D eigenvalue weighted by atomic mass is 32.2. The molecule has 0 bridgehead atoms. The minimum Gasteiger partial charge on any atom is -0.355 e. The molecule has 0 aromatic carbocycles. The van der Waals surface area contributed by atoms with Crippen LogP contribution >= 0.6 is 11.8 Å². The summed E-state index contributed by atoms with van der Waals surface area (Å²) in [6.07, 6.45) is -2.06. The lowest BCUT2D eigenvalue weighted by Crippen LogP contribution is -2.52. The molecule has 0 aromatic heterocycles. The molecule has 0 saturated carbocycles. The number of carbonyl (C=O) groups is 1. The third-order valence-corrected chi connectivity index (χ3v) is 3.64. The van der Waals surface area contributed by atoms with Crippen LogP contribution in [0.25, 0.3) is 0 Å². The molecular formula is C10H17F3N2OS. The molecule has 7 heteroatoms. The minimum atomic E-state index is -4.49. The number of halogens is 3. The van der Waals surface area contributed by atoms with Gasteiger partial charge in [-0.1, -0.05) is 0 Å². The summed E-state index contributed by atoms with van der Waals surface area (Å²) in [7, 11) is 0. The molecular weight excluding hydrogens is 253 g/mol. The molecule has 3 nitrogen and oxygen atoms in total. The van der Waals surface area contributed by atoms with Gasteiger partial charge in [-0.05, 0) is 31.4 Å². The smallest absolute Gasteiger partial charge is 0.355 e. The van der Waals surface area contributed by atoms with Gasteiger partial charge in [0, 0.05) is 13.1 Å². The summed E-state index contributed by atoms with van der Waals surface area (Å²) in [6, 6.07) is 0. The summed E-state index contributed by atoms with van der Waals surface area (Å²) >= 11 is 1.60. The molecule has 17 heavy (non-hydrogen) atoms. The molecule has 1 amide bonds. The largest absolute Gasteiger partial charge is 0.404 e. The standard InChI is InChI=1S/C10H17F3N2OS/c1-17-6-2-4-15-8(16)9(10(11,12)13)3-5-14-7-9/h14H,2-7H2,1H3,(H,15,16). The molecule has 0 spiro atoms. The van der Waals surface area contributed by atoms with Crippen LogP contribution in [0.5, 0.6) is 0 Å². The van der Waals surface area contributed by atoms with E-state index in [1.807, 2.05) is 6.26 Å². The first-order valence-corrected chi connectivity index (χ1v) is 6.88. The van der Waals surface area contributed by atoms with Crippen LogP contribution in [-0.4, -0.2) is 43.7 Å². The van der Waals surface area contributed by atoms with Crippen LogP contribution in [-0.2, 0) is 4.79 Å². The Morgan fingerprint density at radius 1 is 1.53 bits per heavy atom. The number of nitrogens with one attached hydrogen (secondary N) is 2. The fourth-order valence-electron chi connectivity index (χ4n) is 1.84. The Kier molecular flexibility index (Phi) is 5.12. The van der Waals surface area contributed by atoms with Gasteiger partial charge in [-0.15, -0.1) is 0 Å². The minimum absolute atomic E-state index is 0.176. The third-order valence-electron chi connectivity index (χ3n) is 2.94. The summed E-state index contributed by atoms with van der Waals surface area (Å²) in [4.78, 5) is 11.7. The Morgan fingerprint density at radius 2 is 2.24 bits per heavy atom. The highest BCUT2D eigenvalue weighted by molar-refractivity contribution is 7.98. The van der Waals surface area contributed by atoms with Crippen molar-refractivity contribution in [3.63, 3.8) is 0 Å². The van der Waals surface area contributed by atoms with E-state index in [9.17, 15) is 18.0 Å². The summed E-state index contributed by atoms with van der Waals surface area (Å²) in [5, 5.41) is 5.01. The van der Waals surface area contributed by atoms with Gasteiger partial charge in [-0.25, -0.2) is 0 Å². The molecule has 1 aliphatic rings. The van der Waals surface area contributed by atoms with E-state index in [-0.39, 0.29) is 19.5 Å². The van der Waals surface area contributed by atoms with E-state index in [1.54, 1.807) is 11.8 Å². The van der Waals surface area contributed by atoms with E-state index in [0.29, 0.717) is 13.0 Å². The number of rotatable bonds is 5. The molecule has 1 saturated heterocycles. The Morgan fingerprint density at radius 3 is 2.71 bits per heavy atom. The van der Waals surface area contributed by atoms with Crippen LogP contribution in [0.15, 0.2) is 0 Å². The second-order valence-corrected chi connectivity index (χ2v) is 5.09. The lowest BCUT2D eigenvalue weighted by molar-refractivity contribution is -0.215. The molecule has 1 atom stereocenters. The molecule has 1 fully saturated rings. The van der Waals surface area contributed by atoms with E-state index < -0.39 is 17.5 Å². The van der Waals surface area contributed by atoms with E-state index in [0.717, 1.165) is 5.75 Å². The lowest BCUT2D eigenvalue weighted by Gasteiger charge is -2.29. The molecule has 1 unspecified atom stereocenters. The zero-order chi connectivity index (χ0) is 12.9. The highest BCUT2D eigenvalue weighted by Gasteiger charge is 2.61. The van der Waals surface area contributed by atoms with Crippen LogP contribution in [0.4, 0.5) is 13.2 Å². The van der Waals surface area contributed by atoms with E-state index in [4.69, 9.17) is 0 Å².